The molecule has 1 N–H and O–H groups in total. The van der Waals surface area contributed by atoms with Gasteiger partial charge in [0.2, 0.25) is 5.91 Å². The Morgan fingerprint density at radius 3 is 2.57 bits per heavy atom. The van der Waals surface area contributed by atoms with Crippen molar-refractivity contribution in [3.8, 4) is 0 Å². The summed E-state index contributed by atoms with van der Waals surface area (Å²) >= 11 is 0. The predicted molar refractivity (Wildman–Crippen MR) is 84.2 cm³/mol. The first-order chi connectivity index (χ1) is 11.0. The standard InChI is InChI=1S/C17H21NO5/c1-12(19)13-4-6-14(7-5-13)18-16(20)8-9-17(21)23-11-15-3-2-10-22-15/h4-7,15H,2-3,8-11H2,1H3,(H,18,20)/t15-/m1/s1. The van der Waals surface area contributed by atoms with Crippen molar-refractivity contribution in [1.29, 1.82) is 0 Å². The third kappa shape index (κ3) is 5.83. The maximum atomic E-state index is 11.8. The Labute approximate surface area is 135 Å². The minimum atomic E-state index is -0.400. The number of anilines is 1. The molecule has 0 bridgehead atoms. The first kappa shape index (κ1) is 17.1. The van der Waals surface area contributed by atoms with Crippen LogP contribution in [0.15, 0.2) is 24.3 Å². The van der Waals surface area contributed by atoms with Gasteiger partial charge in [0.1, 0.15) is 6.61 Å². The van der Waals surface area contributed by atoms with Crippen molar-refractivity contribution in [3.05, 3.63) is 29.8 Å². The lowest BCUT2D eigenvalue weighted by molar-refractivity contribution is -0.147. The molecule has 0 spiro atoms. The quantitative estimate of drug-likeness (QED) is 0.616. The van der Waals surface area contributed by atoms with Crippen molar-refractivity contribution in [3.63, 3.8) is 0 Å². The molecule has 0 radical (unpaired) electrons. The lowest BCUT2D eigenvalue weighted by Gasteiger charge is -2.10. The van der Waals surface area contributed by atoms with Crippen LogP contribution < -0.4 is 5.32 Å². The second-order valence-corrected chi connectivity index (χ2v) is 5.50. The van der Waals surface area contributed by atoms with Gasteiger partial charge >= 0.3 is 5.97 Å². The van der Waals surface area contributed by atoms with E-state index in [1.165, 1.54) is 6.92 Å². The van der Waals surface area contributed by atoms with Gasteiger partial charge in [0.05, 0.1) is 12.5 Å². The Balaban J connectivity index is 1.67. The van der Waals surface area contributed by atoms with E-state index >= 15 is 0 Å². The van der Waals surface area contributed by atoms with Gasteiger partial charge in [-0.05, 0) is 44.0 Å². The average Bonchev–Trinajstić information content (AvgIpc) is 3.05. The predicted octanol–water partition coefficient (Wildman–Crippen LogP) is 2.33. The van der Waals surface area contributed by atoms with Gasteiger partial charge in [-0.1, -0.05) is 0 Å². The molecule has 1 fully saturated rings. The van der Waals surface area contributed by atoms with E-state index in [1.54, 1.807) is 24.3 Å². The SMILES string of the molecule is CC(=O)c1ccc(NC(=O)CCC(=O)OC[C@H]2CCCO2)cc1. The molecule has 1 aromatic rings. The van der Waals surface area contributed by atoms with Crippen LogP contribution in [0.3, 0.4) is 0 Å². The monoisotopic (exact) mass is 319 g/mol. The average molecular weight is 319 g/mol. The van der Waals surface area contributed by atoms with Gasteiger partial charge in [-0.3, -0.25) is 14.4 Å². The third-order valence-corrected chi connectivity index (χ3v) is 3.59. The molecule has 1 amide bonds. The van der Waals surface area contributed by atoms with Crippen LogP contribution >= 0.6 is 0 Å². The fourth-order valence-electron chi connectivity index (χ4n) is 2.26. The van der Waals surface area contributed by atoms with Gasteiger partial charge in [0.15, 0.2) is 5.78 Å². The maximum Gasteiger partial charge on any atom is 0.306 e. The first-order valence-corrected chi connectivity index (χ1v) is 7.72. The Morgan fingerprint density at radius 1 is 1.22 bits per heavy atom. The van der Waals surface area contributed by atoms with E-state index in [4.69, 9.17) is 9.47 Å². The number of ketones is 1. The highest BCUT2D eigenvalue weighted by atomic mass is 16.6. The smallest absolute Gasteiger partial charge is 0.306 e. The zero-order valence-corrected chi connectivity index (χ0v) is 13.2. The number of hydrogen-bond donors (Lipinski definition) is 1. The minimum Gasteiger partial charge on any atom is -0.463 e. The van der Waals surface area contributed by atoms with Crippen LogP contribution in [0.1, 0.15) is 43.0 Å². The number of ether oxygens (including phenoxy) is 2. The molecule has 2 rings (SSSR count). The van der Waals surface area contributed by atoms with E-state index in [0.717, 1.165) is 12.8 Å². The van der Waals surface area contributed by atoms with E-state index in [2.05, 4.69) is 5.32 Å². The summed E-state index contributed by atoms with van der Waals surface area (Å²) in [5.74, 6) is -0.700. The topological polar surface area (TPSA) is 81.7 Å². The third-order valence-electron chi connectivity index (χ3n) is 3.59. The molecule has 0 saturated carbocycles. The number of Topliss-reactive ketones (excluding diaryl/α,β-unsaturated/α-hetero) is 1. The Morgan fingerprint density at radius 2 is 1.96 bits per heavy atom. The summed E-state index contributed by atoms with van der Waals surface area (Å²) in [6.07, 6.45) is 1.98. The summed E-state index contributed by atoms with van der Waals surface area (Å²) in [6, 6.07) is 6.61. The molecule has 6 heteroatoms. The molecular formula is C17H21NO5. The number of carbonyl (C=O) groups excluding carboxylic acids is 3. The van der Waals surface area contributed by atoms with Crippen molar-refractivity contribution in [1.82, 2.24) is 0 Å². The van der Waals surface area contributed by atoms with Crippen molar-refractivity contribution in [2.24, 2.45) is 0 Å². The largest absolute Gasteiger partial charge is 0.463 e. The van der Waals surface area contributed by atoms with Crippen molar-refractivity contribution < 1.29 is 23.9 Å². The minimum absolute atomic E-state index is 0.00688. The summed E-state index contributed by atoms with van der Waals surface area (Å²) in [5, 5.41) is 2.68. The molecule has 0 unspecified atom stereocenters. The molecule has 23 heavy (non-hydrogen) atoms. The fraction of sp³-hybridized carbons (Fsp3) is 0.471. The van der Waals surface area contributed by atoms with Crippen LogP contribution in [-0.2, 0) is 19.1 Å². The second-order valence-electron chi connectivity index (χ2n) is 5.50. The number of benzene rings is 1. The van der Waals surface area contributed by atoms with E-state index < -0.39 is 5.97 Å². The molecular weight excluding hydrogens is 298 g/mol. The van der Waals surface area contributed by atoms with Gasteiger partial charge in [-0.25, -0.2) is 0 Å². The number of esters is 1. The second kappa shape index (κ2) is 8.43. The van der Waals surface area contributed by atoms with Crippen LogP contribution in [-0.4, -0.2) is 37.0 Å². The number of carbonyl (C=O) groups is 3. The molecule has 1 aromatic carbocycles. The highest BCUT2D eigenvalue weighted by molar-refractivity contribution is 5.96. The molecule has 1 saturated heterocycles. The van der Waals surface area contributed by atoms with Crippen LogP contribution in [0.5, 0.6) is 0 Å². The van der Waals surface area contributed by atoms with Gasteiger partial charge in [0.25, 0.3) is 0 Å². The normalized spacial score (nSPS) is 16.8. The van der Waals surface area contributed by atoms with Crippen molar-refractivity contribution in [2.75, 3.05) is 18.5 Å². The van der Waals surface area contributed by atoms with Gasteiger partial charge in [-0.15, -0.1) is 0 Å². The molecule has 1 heterocycles. The van der Waals surface area contributed by atoms with Crippen LogP contribution in [0.2, 0.25) is 0 Å². The van der Waals surface area contributed by atoms with Gasteiger partial charge in [-0.2, -0.15) is 0 Å². The van der Waals surface area contributed by atoms with Crippen LogP contribution in [0, 0.1) is 0 Å². The molecule has 1 atom stereocenters. The van der Waals surface area contributed by atoms with Crippen LogP contribution in [0.25, 0.3) is 0 Å². The number of amides is 1. The maximum absolute atomic E-state index is 11.8. The lowest BCUT2D eigenvalue weighted by Crippen LogP contribution is -2.19. The fourth-order valence-corrected chi connectivity index (χ4v) is 2.26. The Kier molecular flexibility index (Phi) is 6.29. The number of hydrogen-bond acceptors (Lipinski definition) is 5. The van der Waals surface area contributed by atoms with Crippen molar-refractivity contribution in [2.45, 2.75) is 38.7 Å². The summed E-state index contributed by atoms with van der Waals surface area (Å²) in [7, 11) is 0. The summed E-state index contributed by atoms with van der Waals surface area (Å²) in [5.41, 5.74) is 1.17. The zero-order valence-electron chi connectivity index (χ0n) is 13.2. The molecule has 124 valence electrons. The van der Waals surface area contributed by atoms with E-state index in [9.17, 15) is 14.4 Å². The zero-order chi connectivity index (χ0) is 16.7. The van der Waals surface area contributed by atoms with Crippen molar-refractivity contribution >= 4 is 23.3 Å². The summed E-state index contributed by atoms with van der Waals surface area (Å²) in [4.78, 5) is 34.5. The Bertz CT molecular complexity index is 561. The van der Waals surface area contributed by atoms with E-state index in [1.807, 2.05) is 0 Å². The number of nitrogens with one attached hydrogen (secondary N) is 1. The molecule has 1 aliphatic rings. The van der Waals surface area contributed by atoms with Gasteiger partial charge < -0.3 is 14.8 Å². The van der Waals surface area contributed by atoms with Crippen LogP contribution in [0.4, 0.5) is 5.69 Å². The molecule has 0 aliphatic carbocycles. The summed E-state index contributed by atoms with van der Waals surface area (Å²) in [6.45, 7) is 2.45. The molecule has 1 aliphatic heterocycles. The lowest BCUT2D eigenvalue weighted by atomic mass is 10.1. The van der Waals surface area contributed by atoms with E-state index in [0.29, 0.717) is 17.9 Å². The molecule has 6 nitrogen and oxygen atoms in total. The highest BCUT2D eigenvalue weighted by Crippen LogP contribution is 2.13. The Hall–Kier alpha value is -2.21. The summed E-state index contributed by atoms with van der Waals surface area (Å²) < 4.78 is 10.4. The van der Waals surface area contributed by atoms with E-state index in [-0.39, 0.29) is 37.2 Å². The molecule has 0 aromatic heterocycles. The first-order valence-electron chi connectivity index (χ1n) is 7.72. The highest BCUT2D eigenvalue weighted by Gasteiger charge is 2.17. The number of rotatable bonds is 7. The van der Waals surface area contributed by atoms with Gasteiger partial charge in [0, 0.05) is 24.3 Å².